The van der Waals surface area contributed by atoms with Crippen molar-refractivity contribution >= 4 is 11.7 Å². The van der Waals surface area contributed by atoms with Crippen LogP contribution in [0.5, 0.6) is 5.75 Å². The summed E-state index contributed by atoms with van der Waals surface area (Å²) in [4.78, 5) is 15.6. The fraction of sp³-hybridized carbons (Fsp3) is 0.500. The number of methoxy groups -OCH3 is 1. The number of benzene rings is 1. The molecule has 0 bridgehead atoms. The van der Waals surface area contributed by atoms with Gasteiger partial charge in [0.1, 0.15) is 5.75 Å². The Bertz CT molecular complexity index is 454. The predicted molar refractivity (Wildman–Crippen MR) is 76.0 cm³/mol. The van der Waals surface area contributed by atoms with Gasteiger partial charge in [-0.25, -0.2) is 4.79 Å². The van der Waals surface area contributed by atoms with E-state index in [9.17, 15) is 4.79 Å². The number of hydrogen-bond donors (Lipinski definition) is 1. The monoisotopic (exact) mass is 263 g/mol. The Morgan fingerprint density at radius 2 is 1.95 bits per heavy atom. The van der Waals surface area contributed by atoms with Gasteiger partial charge in [0.2, 0.25) is 0 Å². The van der Waals surface area contributed by atoms with Gasteiger partial charge < -0.3 is 19.9 Å². The van der Waals surface area contributed by atoms with E-state index in [-0.39, 0.29) is 6.03 Å². The van der Waals surface area contributed by atoms with Gasteiger partial charge in [0.25, 0.3) is 0 Å². The number of amides is 2. The Balaban J connectivity index is 2.03. The molecule has 1 fully saturated rings. The average Bonchev–Trinajstić information content (AvgIpc) is 2.47. The lowest BCUT2D eigenvalue weighted by atomic mass is 10.1. The summed E-state index contributed by atoms with van der Waals surface area (Å²) in [6.07, 6.45) is 0. The fourth-order valence-corrected chi connectivity index (χ4v) is 2.33. The van der Waals surface area contributed by atoms with E-state index in [0.29, 0.717) is 0 Å². The summed E-state index contributed by atoms with van der Waals surface area (Å²) < 4.78 is 5.35. The lowest BCUT2D eigenvalue weighted by Gasteiger charge is -2.36. The van der Waals surface area contributed by atoms with Crippen LogP contribution < -0.4 is 15.0 Å². The molecule has 0 aromatic heterocycles. The van der Waals surface area contributed by atoms with Crippen molar-refractivity contribution in [1.82, 2.24) is 10.2 Å². The van der Waals surface area contributed by atoms with E-state index in [1.54, 1.807) is 14.2 Å². The van der Waals surface area contributed by atoms with Crippen molar-refractivity contribution < 1.29 is 9.53 Å². The van der Waals surface area contributed by atoms with Crippen LogP contribution in [-0.2, 0) is 0 Å². The molecule has 2 amide bonds. The molecular formula is C14H21N3O2. The molecule has 1 aliphatic heterocycles. The van der Waals surface area contributed by atoms with Crippen molar-refractivity contribution in [2.45, 2.75) is 6.92 Å². The quantitative estimate of drug-likeness (QED) is 0.878. The maximum absolute atomic E-state index is 11.5. The maximum atomic E-state index is 11.5. The number of rotatable bonds is 2. The van der Waals surface area contributed by atoms with Gasteiger partial charge in [-0.05, 0) is 18.6 Å². The Kier molecular flexibility index (Phi) is 4.14. The number of nitrogens with zero attached hydrogens (tertiary/aromatic N) is 2. The second kappa shape index (κ2) is 5.82. The summed E-state index contributed by atoms with van der Waals surface area (Å²) in [5.74, 6) is 0.909. The zero-order valence-corrected chi connectivity index (χ0v) is 11.8. The molecule has 0 radical (unpaired) electrons. The molecule has 2 rings (SSSR count). The van der Waals surface area contributed by atoms with Crippen LogP contribution in [0.25, 0.3) is 0 Å². The van der Waals surface area contributed by atoms with Gasteiger partial charge in [0.15, 0.2) is 0 Å². The standard InChI is InChI=1S/C14H21N3O2/c1-11-4-5-12(10-13(11)19-3)16-6-8-17(9-7-16)14(18)15-2/h4-5,10H,6-9H2,1-3H3,(H,15,18). The van der Waals surface area contributed by atoms with E-state index in [4.69, 9.17) is 4.74 Å². The highest BCUT2D eigenvalue weighted by Crippen LogP contribution is 2.25. The van der Waals surface area contributed by atoms with Crippen LogP contribution in [0.15, 0.2) is 18.2 Å². The molecule has 1 aromatic rings. The zero-order valence-electron chi connectivity index (χ0n) is 11.8. The van der Waals surface area contributed by atoms with E-state index >= 15 is 0 Å². The molecule has 1 aliphatic rings. The Labute approximate surface area is 114 Å². The van der Waals surface area contributed by atoms with Gasteiger partial charge in [-0.2, -0.15) is 0 Å². The molecular weight excluding hydrogens is 242 g/mol. The summed E-state index contributed by atoms with van der Waals surface area (Å²) in [6, 6.07) is 6.23. The van der Waals surface area contributed by atoms with E-state index in [0.717, 1.165) is 43.2 Å². The van der Waals surface area contributed by atoms with E-state index in [1.165, 1.54) is 0 Å². The van der Waals surface area contributed by atoms with Crippen LogP contribution in [0.3, 0.4) is 0 Å². The van der Waals surface area contributed by atoms with Crippen molar-refractivity contribution in [2.24, 2.45) is 0 Å². The molecule has 1 saturated heterocycles. The first-order valence-electron chi connectivity index (χ1n) is 6.52. The summed E-state index contributed by atoms with van der Waals surface area (Å²) in [6.45, 7) is 5.22. The van der Waals surface area contributed by atoms with Gasteiger partial charge in [0, 0.05) is 45.0 Å². The summed E-state index contributed by atoms with van der Waals surface area (Å²) in [5.41, 5.74) is 2.29. The molecule has 0 aliphatic carbocycles. The number of piperazine rings is 1. The normalized spacial score (nSPS) is 15.3. The minimum absolute atomic E-state index is 0.00105. The first kappa shape index (κ1) is 13.5. The Morgan fingerprint density at radius 1 is 1.26 bits per heavy atom. The largest absolute Gasteiger partial charge is 0.496 e. The molecule has 1 aromatic carbocycles. The topological polar surface area (TPSA) is 44.8 Å². The van der Waals surface area contributed by atoms with Crippen LogP contribution in [-0.4, -0.2) is 51.3 Å². The fourth-order valence-electron chi connectivity index (χ4n) is 2.33. The number of carbonyl (C=O) groups is 1. The van der Waals surface area contributed by atoms with Crippen molar-refractivity contribution in [3.8, 4) is 5.75 Å². The van der Waals surface area contributed by atoms with E-state index in [2.05, 4.69) is 28.4 Å². The molecule has 0 spiro atoms. The lowest BCUT2D eigenvalue weighted by molar-refractivity contribution is 0.196. The molecule has 104 valence electrons. The van der Waals surface area contributed by atoms with Crippen molar-refractivity contribution in [3.05, 3.63) is 23.8 Å². The molecule has 5 nitrogen and oxygen atoms in total. The number of anilines is 1. The van der Waals surface area contributed by atoms with Crippen LogP contribution >= 0.6 is 0 Å². The number of urea groups is 1. The summed E-state index contributed by atoms with van der Waals surface area (Å²) >= 11 is 0. The first-order chi connectivity index (χ1) is 9.15. The van der Waals surface area contributed by atoms with Crippen molar-refractivity contribution in [3.63, 3.8) is 0 Å². The number of ether oxygens (including phenoxy) is 1. The van der Waals surface area contributed by atoms with E-state index in [1.807, 2.05) is 11.8 Å². The third kappa shape index (κ3) is 2.92. The third-order valence-electron chi connectivity index (χ3n) is 3.54. The smallest absolute Gasteiger partial charge is 0.317 e. The second-order valence-electron chi connectivity index (χ2n) is 4.68. The highest BCUT2D eigenvalue weighted by molar-refractivity contribution is 5.74. The number of carbonyl (C=O) groups excluding carboxylic acids is 1. The first-order valence-corrected chi connectivity index (χ1v) is 6.52. The van der Waals surface area contributed by atoms with E-state index < -0.39 is 0 Å². The van der Waals surface area contributed by atoms with Crippen LogP contribution in [0.4, 0.5) is 10.5 Å². The van der Waals surface area contributed by atoms with Gasteiger partial charge in [0.05, 0.1) is 7.11 Å². The molecule has 0 saturated carbocycles. The lowest BCUT2D eigenvalue weighted by Crippen LogP contribution is -2.51. The van der Waals surface area contributed by atoms with Crippen molar-refractivity contribution in [1.29, 1.82) is 0 Å². The molecule has 0 unspecified atom stereocenters. The molecule has 0 atom stereocenters. The average molecular weight is 263 g/mol. The highest BCUT2D eigenvalue weighted by atomic mass is 16.5. The summed E-state index contributed by atoms with van der Waals surface area (Å²) in [7, 11) is 3.36. The van der Waals surface area contributed by atoms with Crippen molar-refractivity contribution in [2.75, 3.05) is 45.2 Å². The predicted octanol–water partition coefficient (Wildman–Crippen LogP) is 1.47. The minimum atomic E-state index is 0.00105. The van der Waals surface area contributed by atoms with Crippen LogP contribution in [0.2, 0.25) is 0 Å². The SMILES string of the molecule is CNC(=O)N1CCN(c2ccc(C)c(OC)c2)CC1. The zero-order chi connectivity index (χ0) is 13.8. The number of hydrogen-bond acceptors (Lipinski definition) is 3. The molecule has 1 N–H and O–H groups in total. The highest BCUT2D eigenvalue weighted by Gasteiger charge is 2.20. The number of aryl methyl sites for hydroxylation is 1. The molecule has 19 heavy (non-hydrogen) atoms. The Hall–Kier alpha value is -1.91. The minimum Gasteiger partial charge on any atom is -0.496 e. The molecule has 5 heteroatoms. The number of nitrogens with one attached hydrogen (secondary N) is 1. The van der Waals surface area contributed by atoms with Gasteiger partial charge in [-0.15, -0.1) is 0 Å². The van der Waals surface area contributed by atoms with Crippen LogP contribution in [0.1, 0.15) is 5.56 Å². The summed E-state index contributed by atoms with van der Waals surface area (Å²) in [5, 5.41) is 2.66. The van der Waals surface area contributed by atoms with Gasteiger partial charge in [-0.3, -0.25) is 0 Å². The van der Waals surface area contributed by atoms with Gasteiger partial charge >= 0.3 is 6.03 Å². The second-order valence-corrected chi connectivity index (χ2v) is 4.68. The third-order valence-corrected chi connectivity index (χ3v) is 3.54. The Morgan fingerprint density at radius 3 is 2.53 bits per heavy atom. The van der Waals surface area contributed by atoms with Crippen LogP contribution in [0, 0.1) is 6.92 Å². The molecule has 1 heterocycles. The van der Waals surface area contributed by atoms with Gasteiger partial charge in [-0.1, -0.05) is 6.07 Å². The maximum Gasteiger partial charge on any atom is 0.317 e.